The number of fused-ring (bicyclic) bond motifs is 1. The highest BCUT2D eigenvalue weighted by molar-refractivity contribution is 7.14. The number of H-pyrrole nitrogens is 1. The second-order valence-corrected chi connectivity index (χ2v) is 7.22. The minimum Gasteiger partial charge on any atom is -0.360 e. The Kier molecular flexibility index (Phi) is 4.90. The van der Waals surface area contributed by atoms with Crippen molar-refractivity contribution in [1.29, 1.82) is 0 Å². The van der Waals surface area contributed by atoms with E-state index in [0.717, 1.165) is 22.2 Å². The molecule has 2 aromatic heterocycles. The molecular weight excluding hydrogens is 372 g/mol. The van der Waals surface area contributed by atoms with Gasteiger partial charge in [0.2, 0.25) is 5.91 Å². The number of hydrogen-bond acceptors (Lipinski definition) is 4. The Labute approximate surface area is 165 Å². The number of carbonyl (C=O) groups is 2. The van der Waals surface area contributed by atoms with Crippen molar-refractivity contribution < 1.29 is 9.59 Å². The molecule has 0 saturated heterocycles. The quantitative estimate of drug-likeness (QED) is 0.541. The number of aromatic nitrogens is 2. The number of hydrogen-bond donors (Lipinski definition) is 2. The number of benzene rings is 2. The zero-order valence-corrected chi connectivity index (χ0v) is 16.0. The molecule has 2 heterocycles. The highest BCUT2D eigenvalue weighted by Crippen LogP contribution is 2.30. The van der Waals surface area contributed by atoms with Gasteiger partial charge in [-0.1, -0.05) is 36.4 Å². The number of amides is 2. The van der Waals surface area contributed by atoms with E-state index in [9.17, 15) is 9.59 Å². The van der Waals surface area contributed by atoms with Crippen molar-refractivity contribution in [3.8, 4) is 11.3 Å². The van der Waals surface area contributed by atoms with E-state index in [1.165, 1.54) is 16.2 Å². The molecule has 6 nitrogen and oxygen atoms in total. The average molecular weight is 390 g/mol. The lowest BCUT2D eigenvalue weighted by atomic mass is 10.1. The Balaban J connectivity index is 1.42. The number of nitrogens with zero attached hydrogens (tertiary/aromatic N) is 2. The molecule has 0 spiro atoms. The second-order valence-electron chi connectivity index (χ2n) is 6.36. The molecule has 0 atom stereocenters. The Hall–Kier alpha value is -3.45. The van der Waals surface area contributed by atoms with Crippen molar-refractivity contribution in [2.24, 2.45) is 0 Å². The number of carbonyl (C=O) groups excluding carboxylic acids is 2. The monoisotopic (exact) mass is 390 g/mol. The molecule has 0 aliphatic rings. The maximum atomic E-state index is 12.3. The van der Waals surface area contributed by atoms with Crippen LogP contribution in [0.25, 0.3) is 22.2 Å². The van der Waals surface area contributed by atoms with Gasteiger partial charge in [-0.25, -0.2) is 4.98 Å². The summed E-state index contributed by atoms with van der Waals surface area (Å²) in [5.41, 5.74) is 3.38. The molecule has 4 aromatic rings. The van der Waals surface area contributed by atoms with Gasteiger partial charge in [0.05, 0.1) is 12.2 Å². The van der Waals surface area contributed by atoms with E-state index in [0.29, 0.717) is 10.7 Å². The van der Waals surface area contributed by atoms with Gasteiger partial charge in [-0.05, 0) is 18.2 Å². The normalized spacial score (nSPS) is 10.8. The highest BCUT2D eigenvalue weighted by atomic mass is 32.1. The molecule has 2 N–H and O–H groups in total. The van der Waals surface area contributed by atoms with Crippen molar-refractivity contribution in [2.75, 3.05) is 18.9 Å². The summed E-state index contributed by atoms with van der Waals surface area (Å²) in [6.45, 7) is -0.0459. The molecule has 0 unspecified atom stereocenters. The van der Waals surface area contributed by atoms with Crippen LogP contribution >= 0.6 is 11.3 Å². The van der Waals surface area contributed by atoms with Gasteiger partial charge in [0.25, 0.3) is 5.91 Å². The first-order valence-corrected chi connectivity index (χ1v) is 9.62. The summed E-state index contributed by atoms with van der Waals surface area (Å²) < 4.78 is 0. The van der Waals surface area contributed by atoms with E-state index in [4.69, 9.17) is 0 Å². The zero-order valence-electron chi connectivity index (χ0n) is 15.2. The molecule has 0 radical (unpaired) electrons. The SMILES string of the molecule is CN(CC(=O)Nc1nc(-c2c[nH]c3ccccc23)cs1)C(=O)c1ccccc1. The predicted octanol–water partition coefficient (Wildman–Crippen LogP) is 4.00. The molecular formula is C21H18N4O2S. The summed E-state index contributed by atoms with van der Waals surface area (Å²) in [6.07, 6.45) is 1.91. The van der Waals surface area contributed by atoms with Gasteiger partial charge >= 0.3 is 0 Å². The maximum Gasteiger partial charge on any atom is 0.254 e. The van der Waals surface area contributed by atoms with Crippen LogP contribution < -0.4 is 5.32 Å². The van der Waals surface area contributed by atoms with Gasteiger partial charge in [-0.3, -0.25) is 9.59 Å². The summed E-state index contributed by atoms with van der Waals surface area (Å²) in [7, 11) is 1.61. The predicted molar refractivity (Wildman–Crippen MR) is 111 cm³/mol. The molecule has 2 amide bonds. The van der Waals surface area contributed by atoms with E-state index in [2.05, 4.69) is 15.3 Å². The molecule has 0 fully saturated rings. The number of para-hydroxylation sites is 1. The molecule has 140 valence electrons. The third-order valence-corrected chi connectivity index (χ3v) is 5.12. The Morgan fingerprint density at radius 1 is 1.11 bits per heavy atom. The third kappa shape index (κ3) is 3.65. The average Bonchev–Trinajstić information content (AvgIpc) is 3.34. The maximum absolute atomic E-state index is 12.3. The van der Waals surface area contributed by atoms with Crippen LogP contribution in [0.4, 0.5) is 5.13 Å². The second kappa shape index (κ2) is 7.66. The summed E-state index contributed by atoms with van der Waals surface area (Å²) in [6, 6.07) is 16.9. The largest absolute Gasteiger partial charge is 0.360 e. The van der Waals surface area contributed by atoms with Gasteiger partial charge in [0, 0.05) is 40.7 Å². The van der Waals surface area contributed by atoms with Crippen molar-refractivity contribution in [2.45, 2.75) is 0 Å². The van der Waals surface area contributed by atoms with Gasteiger partial charge in [0.15, 0.2) is 5.13 Å². The Bertz CT molecular complexity index is 1130. The number of anilines is 1. The molecule has 0 bridgehead atoms. The van der Waals surface area contributed by atoms with Crippen molar-refractivity contribution in [3.63, 3.8) is 0 Å². The Morgan fingerprint density at radius 3 is 2.68 bits per heavy atom. The summed E-state index contributed by atoms with van der Waals surface area (Å²) >= 11 is 1.36. The lowest BCUT2D eigenvalue weighted by molar-refractivity contribution is -0.116. The summed E-state index contributed by atoms with van der Waals surface area (Å²) in [5, 5.41) is 6.27. The van der Waals surface area contributed by atoms with Crippen molar-refractivity contribution in [1.82, 2.24) is 14.9 Å². The lowest BCUT2D eigenvalue weighted by Crippen LogP contribution is -2.34. The van der Waals surface area contributed by atoms with E-state index in [1.807, 2.05) is 41.9 Å². The van der Waals surface area contributed by atoms with Crippen LogP contribution in [0, 0.1) is 0 Å². The Morgan fingerprint density at radius 2 is 1.86 bits per heavy atom. The van der Waals surface area contributed by atoms with Gasteiger partial charge in [-0.2, -0.15) is 0 Å². The first-order valence-electron chi connectivity index (χ1n) is 8.74. The van der Waals surface area contributed by atoms with Crippen LogP contribution in [-0.4, -0.2) is 40.3 Å². The number of thiazole rings is 1. The van der Waals surface area contributed by atoms with Crippen molar-refractivity contribution in [3.05, 3.63) is 71.7 Å². The number of rotatable bonds is 5. The van der Waals surface area contributed by atoms with Crippen LogP contribution in [0.3, 0.4) is 0 Å². The molecule has 2 aromatic carbocycles. The molecule has 0 aliphatic carbocycles. The lowest BCUT2D eigenvalue weighted by Gasteiger charge is -2.16. The first-order chi connectivity index (χ1) is 13.6. The van der Waals surface area contributed by atoms with E-state index in [-0.39, 0.29) is 18.4 Å². The van der Waals surface area contributed by atoms with Crippen LogP contribution in [0.2, 0.25) is 0 Å². The minimum absolute atomic E-state index is 0.0459. The van der Waals surface area contributed by atoms with Crippen LogP contribution in [-0.2, 0) is 4.79 Å². The van der Waals surface area contributed by atoms with E-state index in [1.54, 1.807) is 31.3 Å². The third-order valence-electron chi connectivity index (χ3n) is 4.36. The summed E-state index contributed by atoms with van der Waals surface area (Å²) in [5.74, 6) is -0.485. The molecule has 0 saturated carbocycles. The number of aromatic amines is 1. The molecule has 4 rings (SSSR count). The fourth-order valence-corrected chi connectivity index (χ4v) is 3.71. The van der Waals surface area contributed by atoms with Crippen LogP contribution in [0.5, 0.6) is 0 Å². The standard InChI is InChI=1S/C21H18N4O2S/c1-25(20(27)14-7-3-2-4-8-14)12-19(26)24-21-23-18(13-28-21)16-11-22-17-10-6-5-9-15(16)17/h2-11,13,22H,12H2,1H3,(H,23,24,26). The molecule has 7 heteroatoms. The summed E-state index contributed by atoms with van der Waals surface area (Å²) in [4.78, 5) is 33.8. The molecule has 0 aliphatic heterocycles. The van der Waals surface area contributed by atoms with Gasteiger partial charge < -0.3 is 15.2 Å². The smallest absolute Gasteiger partial charge is 0.254 e. The van der Waals surface area contributed by atoms with Gasteiger partial charge in [-0.15, -0.1) is 11.3 Å². The van der Waals surface area contributed by atoms with Gasteiger partial charge in [0.1, 0.15) is 0 Å². The fraction of sp³-hybridized carbons (Fsp3) is 0.0952. The van der Waals surface area contributed by atoms with Crippen LogP contribution in [0.1, 0.15) is 10.4 Å². The van der Waals surface area contributed by atoms with Crippen molar-refractivity contribution >= 4 is 39.2 Å². The zero-order chi connectivity index (χ0) is 19.5. The first kappa shape index (κ1) is 17.9. The topological polar surface area (TPSA) is 78.1 Å². The number of nitrogens with one attached hydrogen (secondary N) is 2. The molecule has 28 heavy (non-hydrogen) atoms. The fourth-order valence-electron chi connectivity index (χ4n) is 2.99. The van der Waals surface area contributed by atoms with E-state index >= 15 is 0 Å². The number of likely N-dealkylation sites (N-methyl/N-ethyl adjacent to an activating group) is 1. The van der Waals surface area contributed by atoms with Crippen LogP contribution in [0.15, 0.2) is 66.2 Å². The highest BCUT2D eigenvalue weighted by Gasteiger charge is 2.16. The minimum atomic E-state index is -0.286. The van der Waals surface area contributed by atoms with E-state index < -0.39 is 0 Å².